The summed E-state index contributed by atoms with van der Waals surface area (Å²) in [6.07, 6.45) is 6.87. The van der Waals surface area contributed by atoms with Crippen LogP contribution in [0.5, 0.6) is 0 Å². The van der Waals surface area contributed by atoms with Crippen molar-refractivity contribution in [2.24, 2.45) is 11.7 Å². The summed E-state index contributed by atoms with van der Waals surface area (Å²) in [6, 6.07) is 11.8. The highest BCUT2D eigenvalue weighted by Crippen LogP contribution is 2.32. The molecule has 2 heterocycles. The highest BCUT2D eigenvalue weighted by Gasteiger charge is 2.31. The van der Waals surface area contributed by atoms with Gasteiger partial charge in [-0.2, -0.15) is 0 Å². The average Bonchev–Trinajstić information content (AvgIpc) is 3.61. The van der Waals surface area contributed by atoms with Crippen molar-refractivity contribution < 1.29 is 17.9 Å². The van der Waals surface area contributed by atoms with Crippen LogP contribution in [0.25, 0.3) is 0 Å². The van der Waals surface area contributed by atoms with Crippen LogP contribution in [0.4, 0.5) is 11.6 Å². The summed E-state index contributed by atoms with van der Waals surface area (Å²) in [5.41, 5.74) is 8.12. The number of nitrogens with zero attached hydrogens (tertiary/aromatic N) is 3. The van der Waals surface area contributed by atoms with E-state index in [1.165, 1.54) is 25.5 Å². The molecule has 4 bridgehead atoms. The van der Waals surface area contributed by atoms with Gasteiger partial charge in [0.15, 0.2) is 0 Å². The van der Waals surface area contributed by atoms with E-state index in [1.54, 1.807) is 13.0 Å². The van der Waals surface area contributed by atoms with Crippen LogP contribution in [0.1, 0.15) is 49.3 Å². The predicted octanol–water partition coefficient (Wildman–Crippen LogP) is 3.03. The second-order valence-electron chi connectivity index (χ2n) is 10.3. The Kier molecular flexibility index (Phi) is 7.38. The van der Waals surface area contributed by atoms with Gasteiger partial charge < -0.3 is 15.4 Å². The van der Waals surface area contributed by atoms with Crippen LogP contribution in [0, 0.1) is 5.92 Å². The van der Waals surface area contributed by atoms with Crippen LogP contribution in [0.3, 0.4) is 0 Å². The van der Waals surface area contributed by atoms with Crippen molar-refractivity contribution in [2.45, 2.75) is 57.6 Å². The number of fused-ring (bicyclic) bond motifs is 4. The monoisotopic (exact) mass is 500 g/mol. The van der Waals surface area contributed by atoms with Crippen molar-refractivity contribution in [2.75, 3.05) is 35.6 Å². The number of nitrogens with two attached hydrogens (primary N) is 1. The number of anilines is 2. The standard InChI is InChI=1S/C26H36N4O4S/c1-26(27)16-21-9-6-8-19(13-21)7-4-5-12-30(17-20-10-11-20)24-15-22(18-34-25(26)31)14-23(28-24)29(2)35(3,32)33/h6,8-9,13-15,20H,4-5,7,10-12,16-18,27H2,1-3H3. The summed E-state index contributed by atoms with van der Waals surface area (Å²) in [5.74, 6) is 1.15. The van der Waals surface area contributed by atoms with E-state index in [4.69, 9.17) is 15.5 Å². The van der Waals surface area contributed by atoms with E-state index >= 15 is 0 Å². The van der Waals surface area contributed by atoms with Gasteiger partial charge in [-0.05, 0) is 73.8 Å². The summed E-state index contributed by atoms with van der Waals surface area (Å²) in [5, 5.41) is 0. The SMILES string of the molecule is CN(c1cc2cc(n1)N(CC1CC1)CCCCc1cccc(c1)CC(C)(N)C(=O)OC2)S(C)(=O)=O. The maximum atomic E-state index is 12.9. The Labute approximate surface area is 208 Å². The van der Waals surface area contributed by atoms with E-state index in [0.717, 1.165) is 48.5 Å². The molecule has 8 nitrogen and oxygen atoms in total. The first-order valence-electron chi connectivity index (χ1n) is 12.2. The van der Waals surface area contributed by atoms with Gasteiger partial charge in [-0.1, -0.05) is 24.3 Å². The molecule has 9 heteroatoms. The molecular formula is C26H36N4O4S. The van der Waals surface area contributed by atoms with Gasteiger partial charge in [0.1, 0.15) is 23.8 Å². The number of carbonyl (C=O) groups is 1. The zero-order valence-electron chi connectivity index (χ0n) is 20.9. The fourth-order valence-corrected chi connectivity index (χ4v) is 4.81. The number of esters is 1. The minimum absolute atomic E-state index is 0.0109. The van der Waals surface area contributed by atoms with E-state index in [-0.39, 0.29) is 6.61 Å². The van der Waals surface area contributed by atoms with E-state index in [9.17, 15) is 13.2 Å². The van der Waals surface area contributed by atoms with Crippen LogP contribution in [-0.2, 0) is 39.0 Å². The molecule has 1 unspecified atom stereocenters. The number of aryl methyl sites for hydroxylation is 1. The quantitative estimate of drug-likeness (QED) is 0.643. The molecule has 1 aromatic carbocycles. The molecule has 2 N–H and O–H groups in total. The van der Waals surface area contributed by atoms with Crippen molar-refractivity contribution in [3.05, 3.63) is 53.1 Å². The number of aromatic nitrogens is 1. The molecule has 1 atom stereocenters. The van der Waals surface area contributed by atoms with Crippen molar-refractivity contribution in [3.8, 4) is 0 Å². The molecule has 0 saturated heterocycles. The highest BCUT2D eigenvalue weighted by molar-refractivity contribution is 7.92. The molecule has 1 aliphatic carbocycles. The van der Waals surface area contributed by atoms with Crippen LogP contribution >= 0.6 is 0 Å². The topological polar surface area (TPSA) is 106 Å². The highest BCUT2D eigenvalue weighted by atomic mass is 32.2. The molecule has 2 aliphatic rings. The summed E-state index contributed by atoms with van der Waals surface area (Å²) < 4.78 is 31.3. The molecule has 4 rings (SSSR count). The van der Waals surface area contributed by atoms with Gasteiger partial charge >= 0.3 is 5.97 Å². The molecule has 1 aromatic heterocycles. The second kappa shape index (κ2) is 10.1. The van der Waals surface area contributed by atoms with Gasteiger partial charge in [0.2, 0.25) is 10.0 Å². The number of sulfonamides is 1. The van der Waals surface area contributed by atoms with Crippen LogP contribution in [0.2, 0.25) is 0 Å². The number of benzene rings is 1. The lowest BCUT2D eigenvalue weighted by molar-refractivity contribution is -0.150. The molecule has 0 amide bonds. The fraction of sp³-hybridized carbons (Fsp3) is 0.538. The smallest absolute Gasteiger partial charge is 0.326 e. The second-order valence-corrected chi connectivity index (χ2v) is 12.3. The first kappa shape index (κ1) is 25.4. The van der Waals surface area contributed by atoms with E-state index < -0.39 is 21.5 Å². The molecule has 35 heavy (non-hydrogen) atoms. The van der Waals surface area contributed by atoms with Gasteiger partial charge in [-0.3, -0.25) is 9.10 Å². The molecule has 0 radical (unpaired) electrons. The molecular weight excluding hydrogens is 464 g/mol. The van der Waals surface area contributed by atoms with E-state index in [0.29, 0.717) is 29.5 Å². The lowest BCUT2D eigenvalue weighted by Crippen LogP contribution is -2.48. The maximum Gasteiger partial charge on any atom is 0.326 e. The van der Waals surface area contributed by atoms with E-state index in [2.05, 4.69) is 17.0 Å². The van der Waals surface area contributed by atoms with Gasteiger partial charge in [-0.15, -0.1) is 0 Å². The Hall–Kier alpha value is -2.65. The maximum absolute atomic E-state index is 12.9. The molecule has 1 fully saturated rings. The third-order valence-corrected chi connectivity index (χ3v) is 7.90. The Morgan fingerprint density at radius 3 is 2.63 bits per heavy atom. The summed E-state index contributed by atoms with van der Waals surface area (Å²) in [7, 11) is -2.02. The van der Waals surface area contributed by atoms with Crippen molar-refractivity contribution in [1.29, 1.82) is 0 Å². The first-order valence-corrected chi connectivity index (χ1v) is 14.1. The Morgan fingerprint density at radius 2 is 1.91 bits per heavy atom. The average molecular weight is 501 g/mol. The first-order chi connectivity index (χ1) is 16.5. The van der Waals surface area contributed by atoms with Gasteiger partial charge in [0.05, 0.1) is 6.26 Å². The number of cyclic esters (lactones) is 1. The Bertz CT molecular complexity index is 1180. The number of rotatable bonds is 4. The van der Waals surface area contributed by atoms with Crippen LogP contribution in [-0.4, -0.2) is 51.3 Å². The van der Waals surface area contributed by atoms with Gasteiger partial charge in [0, 0.05) is 26.6 Å². The van der Waals surface area contributed by atoms with Crippen molar-refractivity contribution in [3.63, 3.8) is 0 Å². The summed E-state index contributed by atoms with van der Waals surface area (Å²) >= 11 is 0. The number of carbonyl (C=O) groups excluding carboxylic acids is 1. The minimum atomic E-state index is -3.50. The van der Waals surface area contributed by atoms with Gasteiger partial charge in [-0.25, -0.2) is 13.4 Å². The number of hydrogen-bond acceptors (Lipinski definition) is 7. The molecule has 1 aliphatic heterocycles. The molecule has 1 saturated carbocycles. The largest absolute Gasteiger partial charge is 0.459 e. The fourth-order valence-electron chi connectivity index (χ4n) is 4.38. The zero-order valence-corrected chi connectivity index (χ0v) is 21.7. The van der Waals surface area contributed by atoms with Crippen LogP contribution in [0.15, 0.2) is 36.4 Å². The van der Waals surface area contributed by atoms with Gasteiger partial charge in [0.25, 0.3) is 0 Å². The lowest BCUT2D eigenvalue weighted by Gasteiger charge is -2.27. The third-order valence-electron chi connectivity index (χ3n) is 6.72. The Balaban J connectivity index is 1.69. The van der Waals surface area contributed by atoms with Crippen molar-refractivity contribution >= 4 is 27.6 Å². The predicted molar refractivity (Wildman–Crippen MR) is 138 cm³/mol. The third kappa shape index (κ3) is 6.73. The van der Waals surface area contributed by atoms with Crippen LogP contribution < -0.4 is 14.9 Å². The minimum Gasteiger partial charge on any atom is -0.459 e. The van der Waals surface area contributed by atoms with Crippen molar-refractivity contribution in [1.82, 2.24) is 4.98 Å². The molecule has 0 spiro atoms. The summed E-state index contributed by atoms with van der Waals surface area (Å²) in [4.78, 5) is 19.9. The number of hydrogen-bond donors (Lipinski definition) is 1. The Morgan fingerprint density at radius 1 is 1.17 bits per heavy atom. The van der Waals surface area contributed by atoms with E-state index in [1.807, 2.05) is 18.2 Å². The molecule has 2 aromatic rings. The zero-order chi connectivity index (χ0) is 25.2. The normalized spacial score (nSPS) is 21.9. The number of pyridine rings is 1. The number of ether oxygens (including phenoxy) is 1. The summed E-state index contributed by atoms with van der Waals surface area (Å²) in [6.45, 7) is 3.39. The lowest BCUT2D eigenvalue weighted by atomic mass is 9.92. The molecule has 190 valence electrons.